The summed E-state index contributed by atoms with van der Waals surface area (Å²) in [5, 5.41) is 0.373. The summed E-state index contributed by atoms with van der Waals surface area (Å²) in [7, 11) is -5.51. The fourth-order valence-corrected chi connectivity index (χ4v) is 6.25. The van der Waals surface area contributed by atoms with E-state index in [2.05, 4.69) is 0 Å². The number of likely N-dealkylation sites (tertiary alicyclic amines) is 1. The second kappa shape index (κ2) is 9.18. The maximum atomic E-state index is 13.0. The number of nitrogens with zero attached hydrogens (tertiary/aromatic N) is 1. The van der Waals surface area contributed by atoms with Gasteiger partial charge in [0, 0.05) is 24.4 Å². The van der Waals surface area contributed by atoms with Crippen molar-refractivity contribution < 1.29 is 26.4 Å². The van der Waals surface area contributed by atoms with Crippen LogP contribution in [0.15, 0.2) is 52.3 Å². The number of piperidine rings is 1. The number of hydrogen-bond donors (Lipinski definition) is 0. The lowest BCUT2D eigenvalue weighted by atomic mass is 9.98. The van der Waals surface area contributed by atoms with Crippen LogP contribution in [0.4, 0.5) is 0 Å². The summed E-state index contributed by atoms with van der Waals surface area (Å²) in [5.41, 5.74) is 0.278. The van der Waals surface area contributed by atoms with Crippen molar-refractivity contribution in [2.75, 3.05) is 32.2 Å². The molecule has 2 aromatic rings. The van der Waals surface area contributed by atoms with E-state index >= 15 is 0 Å². The molecule has 3 rings (SSSR count). The molecule has 1 aliphatic rings. The average Bonchev–Trinajstić information content (AvgIpc) is 2.72. The van der Waals surface area contributed by atoms with Crippen molar-refractivity contribution in [3.05, 3.63) is 53.1 Å². The van der Waals surface area contributed by atoms with Crippen LogP contribution in [0.25, 0.3) is 0 Å². The van der Waals surface area contributed by atoms with E-state index in [0.717, 1.165) is 6.26 Å². The third kappa shape index (κ3) is 5.58. The Balaban J connectivity index is 1.68. The summed E-state index contributed by atoms with van der Waals surface area (Å²) in [6.45, 7) is 0.817. The molecule has 0 aromatic heterocycles. The summed E-state index contributed by atoms with van der Waals surface area (Å²) in [4.78, 5) is 14.9. The van der Waals surface area contributed by atoms with E-state index in [1.54, 1.807) is 17.0 Å². The van der Waals surface area contributed by atoms with Crippen LogP contribution in [0.3, 0.4) is 0 Å². The van der Waals surface area contributed by atoms with E-state index in [-0.39, 0.29) is 38.7 Å². The van der Waals surface area contributed by atoms with Gasteiger partial charge >= 0.3 is 0 Å². The lowest BCUT2D eigenvalue weighted by Crippen LogP contribution is -2.40. The molecule has 0 spiro atoms. The minimum absolute atomic E-state index is 0.00174. The molecule has 0 bridgehead atoms. The van der Waals surface area contributed by atoms with Gasteiger partial charge in [-0.15, -0.1) is 0 Å². The Morgan fingerprint density at radius 2 is 1.74 bits per heavy atom. The topological polar surface area (TPSA) is 97.8 Å². The van der Waals surface area contributed by atoms with Gasteiger partial charge < -0.3 is 9.64 Å². The summed E-state index contributed by atoms with van der Waals surface area (Å²) in [6, 6.07) is 10.4. The highest BCUT2D eigenvalue weighted by molar-refractivity contribution is 7.91. The zero-order valence-corrected chi connectivity index (χ0v) is 19.6. The van der Waals surface area contributed by atoms with Gasteiger partial charge in [-0.2, -0.15) is 0 Å². The monoisotopic (exact) mass is 485 g/mol. The van der Waals surface area contributed by atoms with Crippen LogP contribution in [0.1, 0.15) is 23.2 Å². The molecule has 0 atom stereocenters. The first-order valence-electron chi connectivity index (χ1n) is 9.67. The van der Waals surface area contributed by atoms with Crippen molar-refractivity contribution in [2.45, 2.75) is 22.6 Å². The van der Waals surface area contributed by atoms with Gasteiger partial charge in [0.25, 0.3) is 5.91 Å². The summed E-state index contributed by atoms with van der Waals surface area (Å²) in [6.07, 6.45) is 2.19. The quantitative estimate of drug-likeness (QED) is 0.623. The first kappa shape index (κ1) is 23.6. The van der Waals surface area contributed by atoms with Crippen LogP contribution >= 0.6 is 11.6 Å². The maximum absolute atomic E-state index is 13.0. The minimum Gasteiger partial charge on any atom is -0.496 e. The summed E-state index contributed by atoms with van der Waals surface area (Å²) >= 11 is 5.91. The van der Waals surface area contributed by atoms with Crippen molar-refractivity contribution in [3.8, 4) is 5.75 Å². The molecule has 0 aliphatic carbocycles. The predicted octanol–water partition coefficient (Wildman–Crippen LogP) is 3.08. The Morgan fingerprint density at radius 1 is 1.06 bits per heavy atom. The van der Waals surface area contributed by atoms with Gasteiger partial charge in [0.05, 0.1) is 28.2 Å². The minimum atomic E-state index is -3.47. The van der Waals surface area contributed by atoms with Gasteiger partial charge in [-0.05, 0) is 55.2 Å². The highest BCUT2D eigenvalue weighted by Crippen LogP contribution is 2.28. The SMILES string of the molecule is COc1cc(S(C)(=O)=O)ccc1C(=O)N1CCC(CS(=O)(=O)c2cccc(Cl)c2)CC1. The Labute approximate surface area is 187 Å². The molecular formula is C21H24ClNO6S2. The molecule has 0 N–H and O–H groups in total. The first-order chi connectivity index (χ1) is 14.5. The largest absolute Gasteiger partial charge is 0.496 e. The normalized spacial score (nSPS) is 15.6. The lowest BCUT2D eigenvalue weighted by Gasteiger charge is -2.32. The van der Waals surface area contributed by atoms with E-state index in [4.69, 9.17) is 16.3 Å². The van der Waals surface area contributed by atoms with Crippen LogP contribution in [0.2, 0.25) is 5.02 Å². The molecule has 2 aromatic carbocycles. The van der Waals surface area contributed by atoms with Gasteiger partial charge in [0.15, 0.2) is 19.7 Å². The number of amides is 1. The number of rotatable bonds is 6. The van der Waals surface area contributed by atoms with E-state index in [1.807, 2.05) is 0 Å². The van der Waals surface area contributed by atoms with E-state index < -0.39 is 19.7 Å². The van der Waals surface area contributed by atoms with Gasteiger partial charge in [0.2, 0.25) is 0 Å². The second-order valence-corrected chi connectivity index (χ2v) is 12.1. The molecule has 168 valence electrons. The second-order valence-electron chi connectivity index (χ2n) is 7.61. The van der Waals surface area contributed by atoms with Gasteiger partial charge in [-0.3, -0.25) is 4.79 Å². The number of hydrogen-bond acceptors (Lipinski definition) is 6. The third-order valence-corrected chi connectivity index (χ3v) is 8.57. The van der Waals surface area contributed by atoms with Gasteiger partial charge in [-0.25, -0.2) is 16.8 Å². The molecule has 1 aliphatic heterocycles. The molecule has 1 fully saturated rings. The molecule has 1 saturated heterocycles. The average molecular weight is 486 g/mol. The van der Waals surface area contributed by atoms with Gasteiger partial charge in [0.1, 0.15) is 5.75 Å². The van der Waals surface area contributed by atoms with Crippen LogP contribution < -0.4 is 4.74 Å². The summed E-state index contributed by atoms with van der Waals surface area (Å²) in [5.74, 6) is -0.143. The molecule has 31 heavy (non-hydrogen) atoms. The molecule has 0 radical (unpaired) electrons. The van der Waals surface area contributed by atoms with Crippen LogP contribution in [0.5, 0.6) is 5.75 Å². The van der Waals surface area contributed by atoms with Crippen LogP contribution in [-0.4, -0.2) is 59.9 Å². The Morgan fingerprint density at radius 3 is 2.32 bits per heavy atom. The smallest absolute Gasteiger partial charge is 0.257 e. The number of sulfone groups is 2. The van der Waals surface area contributed by atoms with Gasteiger partial charge in [-0.1, -0.05) is 17.7 Å². The zero-order chi connectivity index (χ0) is 22.8. The summed E-state index contributed by atoms with van der Waals surface area (Å²) < 4.78 is 54.1. The first-order valence-corrected chi connectivity index (χ1v) is 13.6. The molecular weight excluding hydrogens is 462 g/mol. The lowest BCUT2D eigenvalue weighted by molar-refractivity contribution is 0.0695. The van der Waals surface area contributed by atoms with Crippen LogP contribution in [0, 0.1) is 5.92 Å². The van der Waals surface area contributed by atoms with Crippen molar-refractivity contribution in [2.24, 2.45) is 5.92 Å². The molecule has 10 heteroatoms. The molecule has 0 unspecified atom stereocenters. The fraction of sp³-hybridized carbons (Fsp3) is 0.381. The molecule has 1 heterocycles. The number of carbonyl (C=O) groups is 1. The Bertz CT molecular complexity index is 1190. The number of halogens is 1. The number of benzene rings is 2. The number of ether oxygens (including phenoxy) is 1. The highest BCUT2D eigenvalue weighted by Gasteiger charge is 2.29. The van der Waals surface area contributed by atoms with Crippen molar-refractivity contribution >= 4 is 37.2 Å². The molecule has 7 nitrogen and oxygen atoms in total. The van der Waals surface area contributed by atoms with Crippen molar-refractivity contribution in [1.82, 2.24) is 4.90 Å². The predicted molar refractivity (Wildman–Crippen MR) is 118 cm³/mol. The zero-order valence-electron chi connectivity index (χ0n) is 17.2. The fourth-order valence-electron chi connectivity index (χ4n) is 3.62. The third-order valence-electron chi connectivity index (χ3n) is 5.34. The van der Waals surface area contributed by atoms with Crippen molar-refractivity contribution in [1.29, 1.82) is 0 Å². The van der Waals surface area contributed by atoms with E-state index in [9.17, 15) is 21.6 Å². The molecule has 1 amide bonds. The Hall–Kier alpha value is -2.10. The standard InChI is InChI=1S/C21H24ClNO6S2/c1-29-20-13-17(30(2,25)26)6-7-19(20)21(24)23-10-8-15(9-11-23)14-31(27,28)18-5-3-4-16(22)12-18/h3-7,12-13,15H,8-11,14H2,1-2H3. The number of carbonyl (C=O) groups excluding carboxylic acids is 1. The molecule has 0 saturated carbocycles. The maximum Gasteiger partial charge on any atom is 0.257 e. The van der Waals surface area contributed by atoms with E-state index in [1.165, 1.54) is 37.4 Å². The highest BCUT2D eigenvalue weighted by atomic mass is 35.5. The Kier molecular flexibility index (Phi) is 6.98. The van der Waals surface area contributed by atoms with Crippen molar-refractivity contribution in [3.63, 3.8) is 0 Å². The number of methoxy groups -OCH3 is 1. The van der Waals surface area contributed by atoms with E-state index in [0.29, 0.717) is 31.0 Å². The van der Waals surface area contributed by atoms with Crippen LogP contribution in [-0.2, 0) is 19.7 Å².